The van der Waals surface area contributed by atoms with Crippen molar-refractivity contribution in [2.45, 2.75) is 44.4 Å². The molecule has 0 amide bonds. The Hall–Kier alpha value is -0.480. The molecule has 4 heteroatoms. The number of hydrogen-bond acceptors (Lipinski definition) is 3. The van der Waals surface area contributed by atoms with Crippen LogP contribution in [-0.2, 0) is 13.5 Å². The maximum atomic E-state index is 4.20. The summed E-state index contributed by atoms with van der Waals surface area (Å²) >= 11 is 2.02. The van der Waals surface area contributed by atoms with E-state index < -0.39 is 0 Å². The SMILES string of the molecule is CNC(CCc1cnn(C)c1)CSC(C)(C)C. The molecule has 1 atom stereocenters. The van der Waals surface area contributed by atoms with E-state index in [4.69, 9.17) is 0 Å². The molecule has 0 spiro atoms. The van der Waals surface area contributed by atoms with Crippen LogP contribution in [0.2, 0.25) is 0 Å². The maximum absolute atomic E-state index is 4.20. The third kappa shape index (κ3) is 6.13. The van der Waals surface area contributed by atoms with Crippen molar-refractivity contribution in [2.24, 2.45) is 7.05 Å². The molecule has 0 aliphatic heterocycles. The number of nitrogens with zero attached hydrogens (tertiary/aromatic N) is 2. The topological polar surface area (TPSA) is 29.9 Å². The van der Waals surface area contributed by atoms with Crippen LogP contribution in [0.3, 0.4) is 0 Å². The molecule has 17 heavy (non-hydrogen) atoms. The van der Waals surface area contributed by atoms with Gasteiger partial charge in [0.15, 0.2) is 0 Å². The van der Waals surface area contributed by atoms with E-state index in [0.717, 1.165) is 6.42 Å². The summed E-state index contributed by atoms with van der Waals surface area (Å²) in [5.41, 5.74) is 1.33. The van der Waals surface area contributed by atoms with Crippen molar-refractivity contribution in [3.05, 3.63) is 18.0 Å². The Morgan fingerprint density at radius 2 is 2.18 bits per heavy atom. The van der Waals surface area contributed by atoms with Crippen LogP contribution in [0.5, 0.6) is 0 Å². The maximum Gasteiger partial charge on any atom is 0.0521 e. The van der Waals surface area contributed by atoms with E-state index in [1.54, 1.807) is 0 Å². The first-order valence-electron chi connectivity index (χ1n) is 6.19. The Morgan fingerprint density at radius 1 is 1.47 bits per heavy atom. The lowest BCUT2D eigenvalue weighted by Gasteiger charge is -2.22. The number of nitrogens with one attached hydrogen (secondary N) is 1. The van der Waals surface area contributed by atoms with E-state index >= 15 is 0 Å². The van der Waals surface area contributed by atoms with E-state index in [9.17, 15) is 0 Å². The van der Waals surface area contributed by atoms with Crippen molar-refractivity contribution in [1.29, 1.82) is 0 Å². The molecule has 0 saturated carbocycles. The minimum absolute atomic E-state index is 0.351. The minimum atomic E-state index is 0.351. The number of aryl methyl sites for hydroxylation is 2. The third-order valence-corrected chi connectivity index (χ3v) is 4.10. The fourth-order valence-electron chi connectivity index (χ4n) is 1.60. The Kier molecular flexibility index (Phi) is 5.53. The number of rotatable bonds is 6. The van der Waals surface area contributed by atoms with Gasteiger partial charge in [-0.25, -0.2) is 0 Å². The summed E-state index contributed by atoms with van der Waals surface area (Å²) in [6.07, 6.45) is 6.34. The molecule has 0 bridgehead atoms. The van der Waals surface area contributed by atoms with Gasteiger partial charge in [0.2, 0.25) is 0 Å². The normalized spacial score (nSPS) is 13.9. The van der Waals surface area contributed by atoms with Crippen molar-refractivity contribution in [3.8, 4) is 0 Å². The van der Waals surface area contributed by atoms with Gasteiger partial charge in [0, 0.05) is 29.8 Å². The fraction of sp³-hybridized carbons (Fsp3) is 0.769. The molecule has 98 valence electrons. The van der Waals surface area contributed by atoms with Gasteiger partial charge in [-0.2, -0.15) is 16.9 Å². The summed E-state index contributed by atoms with van der Waals surface area (Å²) in [6, 6.07) is 0.583. The zero-order valence-electron chi connectivity index (χ0n) is 11.7. The molecule has 0 radical (unpaired) electrons. The average molecular weight is 255 g/mol. The minimum Gasteiger partial charge on any atom is -0.316 e. The fourth-order valence-corrected chi connectivity index (χ4v) is 2.64. The van der Waals surface area contributed by atoms with E-state index in [0.29, 0.717) is 10.8 Å². The van der Waals surface area contributed by atoms with Gasteiger partial charge >= 0.3 is 0 Å². The molecule has 1 aromatic heterocycles. The van der Waals surface area contributed by atoms with Crippen molar-refractivity contribution < 1.29 is 0 Å². The van der Waals surface area contributed by atoms with Crippen LogP contribution in [0.4, 0.5) is 0 Å². The molecule has 0 aromatic carbocycles. The van der Waals surface area contributed by atoms with Gasteiger partial charge in [-0.15, -0.1) is 0 Å². The van der Waals surface area contributed by atoms with Crippen LogP contribution < -0.4 is 5.32 Å². The van der Waals surface area contributed by atoms with Crippen molar-refractivity contribution in [2.75, 3.05) is 12.8 Å². The summed E-state index contributed by atoms with van der Waals surface area (Å²) in [6.45, 7) is 6.81. The molecule has 0 aliphatic rings. The molecule has 0 aliphatic carbocycles. The zero-order valence-corrected chi connectivity index (χ0v) is 12.5. The van der Waals surface area contributed by atoms with Crippen LogP contribution in [0.15, 0.2) is 12.4 Å². The Labute approximate surface area is 109 Å². The second kappa shape index (κ2) is 6.45. The van der Waals surface area contributed by atoms with Crippen molar-refractivity contribution in [1.82, 2.24) is 15.1 Å². The zero-order chi connectivity index (χ0) is 12.9. The predicted molar refractivity (Wildman–Crippen MR) is 76.6 cm³/mol. The Morgan fingerprint density at radius 3 is 2.65 bits per heavy atom. The van der Waals surface area contributed by atoms with E-state index in [1.807, 2.05) is 29.7 Å². The predicted octanol–water partition coefficient (Wildman–Crippen LogP) is 2.47. The van der Waals surface area contributed by atoms with Gasteiger partial charge in [0.05, 0.1) is 6.20 Å². The second-order valence-electron chi connectivity index (χ2n) is 5.47. The highest BCUT2D eigenvalue weighted by molar-refractivity contribution is 8.00. The summed E-state index contributed by atoms with van der Waals surface area (Å²) in [5, 5.41) is 7.60. The first-order valence-corrected chi connectivity index (χ1v) is 7.18. The first kappa shape index (κ1) is 14.6. The van der Waals surface area contributed by atoms with Crippen LogP contribution in [-0.4, -0.2) is 33.4 Å². The van der Waals surface area contributed by atoms with E-state index in [-0.39, 0.29) is 0 Å². The van der Waals surface area contributed by atoms with Gasteiger partial charge in [-0.05, 0) is 25.5 Å². The Balaban J connectivity index is 2.32. The molecule has 0 saturated heterocycles. The van der Waals surface area contributed by atoms with Crippen LogP contribution in [0.25, 0.3) is 0 Å². The number of thioether (sulfide) groups is 1. The van der Waals surface area contributed by atoms with Gasteiger partial charge < -0.3 is 5.32 Å². The Bertz CT molecular complexity index is 328. The van der Waals surface area contributed by atoms with Crippen LogP contribution in [0, 0.1) is 0 Å². The average Bonchev–Trinajstić information content (AvgIpc) is 2.63. The second-order valence-corrected chi connectivity index (χ2v) is 7.32. The summed E-state index contributed by atoms with van der Waals surface area (Å²) in [5.74, 6) is 1.17. The van der Waals surface area contributed by atoms with E-state index in [1.165, 1.54) is 17.7 Å². The highest BCUT2D eigenvalue weighted by Gasteiger charge is 2.14. The lowest BCUT2D eigenvalue weighted by molar-refractivity contribution is 0.570. The summed E-state index contributed by atoms with van der Waals surface area (Å²) in [7, 11) is 4.02. The first-order chi connectivity index (χ1) is 7.90. The number of hydrogen-bond donors (Lipinski definition) is 1. The highest BCUT2D eigenvalue weighted by Crippen LogP contribution is 2.24. The molecule has 1 N–H and O–H groups in total. The van der Waals surface area contributed by atoms with Crippen LogP contribution in [0.1, 0.15) is 32.8 Å². The van der Waals surface area contributed by atoms with E-state index in [2.05, 4.69) is 44.4 Å². The summed E-state index contributed by atoms with van der Waals surface area (Å²) < 4.78 is 2.22. The van der Waals surface area contributed by atoms with Gasteiger partial charge in [-0.3, -0.25) is 4.68 Å². The lowest BCUT2D eigenvalue weighted by Crippen LogP contribution is -2.30. The van der Waals surface area contributed by atoms with Crippen molar-refractivity contribution >= 4 is 11.8 Å². The molecule has 3 nitrogen and oxygen atoms in total. The molecular formula is C13H25N3S. The smallest absolute Gasteiger partial charge is 0.0521 e. The lowest BCUT2D eigenvalue weighted by atomic mass is 10.1. The molecular weight excluding hydrogens is 230 g/mol. The molecule has 1 rings (SSSR count). The molecule has 1 unspecified atom stereocenters. The number of aromatic nitrogens is 2. The van der Waals surface area contributed by atoms with Crippen LogP contribution >= 0.6 is 11.8 Å². The molecule has 0 fully saturated rings. The van der Waals surface area contributed by atoms with Crippen molar-refractivity contribution in [3.63, 3.8) is 0 Å². The van der Waals surface area contributed by atoms with Gasteiger partial charge in [0.25, 0.3) is 0 Å². The van der Waals surface area contributed by atoms with Gasteiger partial charge in [-0.1, -0.05) is 20.8 Å². The molecule has 1 aromatic rings. The standard InChI is InChI=1S/C13H25N3S/c1-13(2,3)17-10-12(14-4)7-6-11-8-15-16(5)9-11/h8-9,12,14H,6-7,10H2,1-5H3. The monoisotopic (exact) mass is 255 g/mol. The quantitative estimate of drug-likeness (QED) is 0.847. The van der Waals surface area contributed by atoms with Gasteiger partial charge in [0.1, 0.15) is 0 Å². The third-order valence-electron chi connectivity index (χ3n) is 2.67. The summed E-state index contributed by atoms with van der Waals surface area (Å²) in [4.78, 5) is 0. The highest BCUT2D eigenvalue weighted by atomic mass is 32.2. The largest absolute Gasteiger partial charge is 0.316 e. The molecule has 1 heterocycles.